The summed E-state index contributed by atoms with van der Waals surface area (Å²) in [6, 6.07) is 16.6. The number of anilines is 1. The molecule has 0 saturated heterocycles. The Kier molecular flexibility index (Phi) is 7.61. The zero-order valence-electron chi connectivity index (χ0n) is 20.7. The van der Waals surface area contributed by atoms with Crippen molar-refractivity contribution in [1.82, 2.24) is 19.7 Å². The van der Waals surface area contributed by atoms with Crippen LogP contribution in [0.25, 0.3) is 28.5 Å². The van der Waals surface area contributed by atoms with E-state index in [1.165, 1.54) is 23.1 Å². The van der Waals surface area contributed by atoms with Crippen molar-refractivity contribution in [2.75, 3.05) is 32.4 Å². The highest BCUT2D eigenvalue weighted by atomic mass is 32.2. The van der Waals surface area contributed by atoms with Gasteiger partial charge in [0, 0.05) is 17.0 Å². The van der Waals surface area contributed by atoms with Crippen LogP contribution in [0.1, 0.15) is 0 Å². The number of carbonyl (C=O) groups is 1. The molecule has 0 spiro atoms. The highest BCUT2D eigenvalue weighted by Crippen LogP contribution is 2.35. The molecule has 0 aliphatic carbocycles. The van der Waals surface area contributed by atoms with Gasteiger partial charge >= 0.3 is 0 Å². The average molecular weight is 550 g/mol. The van der Waals surface area contributed by atoms with E-state index in [0.717, 1.165) is 17.0 Å². The summed E-state index contributed by atoms with van der Waals surface area (Å²) in [5.41, 5.74) is 2.35. The maximum atomic E-state index is 12.8. The predicted molar refractivity (Wildman–Crippen MR) is 146 cm³/mol. The van der Waals surface area contributed by atoms with Gasteiger partial charge in [-0.2, -0.15) is 0 Å². The molecule has 5 rings (SSSR count). The van der Waals surface area contributed by atoms with Gasteiger partial charge in [-0.3, -0.25) is 9.36 Å². The third-order valence-electron chi connectivity index (χ3n) is 5.47. The Morgan fingerprint density at radius 1 is 1.03 bits per heavy atom. The third-order valence-corrected chi connectivity index (χ3v) is 7.16. The van der Waals surface area contributed by atoms with Crippen molar-refractivity contribution >= 4 is 34.1 Å². The standard InChI is InChI=1S/C26H23N5O5S2/c1-33-17-8-6-16(7-9-17)19-14-37-25(27-19)28-23(32)15-38-26-30-29-24(22-5-4-12-36-22)31(26)20-13-18(34-2)10-11-21(20)35-3/h4-14H,15H2,1-3H3,(H,27,28,32). The predicted octanol–water partition coefficient (Wildman–Crippen LogP) is 5.41. The fraction of sp³-hybridized carbons (Fsp3) is 0.154. The van der Waals surface area contributed by atoms with Crippen LogP contribution in [0.2, 0.25) is 0 Å². The van der Waals surface area contributed by atoms with Gasteiger partial charge in [-0.05, 0) is 48.5 Å². The van der Waals surface area contributed by atoms with E-state index in [2.05, 4.69) is 20.5 Å². The number of benzene rings is 2. The number of amides is 1. The van der Waals surface area contributed by atoms with Crippen LogP contribution in [-0.4, -0.2) is 52.7 Å². The number of thioether (sulfide) groups is 1. The van der Waals surface area contributed by atoms with E-state index >= 15 is 0 Å². The molecule has 0 aliphatic rings. The van der Waals surface area contributed by atoms with Crippen molar-refractivity contribution in [1.29, 1.82) is 0 Å². The van der Waals surface area contributed by atoms with Crippen molar-refractivity contribution in [2.24, 2.45) is 0 Å². The second-order valence-corrected chi connectivity index (χ2v) is 9.56. The lowest BCUT2D eigenvalue weighted by Gasteiger charge is -2.14. The third kappa shape index (κ3) is 5.36. The van der Waals surface area contributed by atoms with Crippen LogP contribution in [0.3, 0.4) is 0 Å². The van der Waals surface area contributed by atoms with E-state index in [-0.39, 0.29) is 11.7 Å². The first-order chi connectivity index (χ1) is 18.6. The van der Waals surface area contributed by atoms with E-state index in [0.29, 0.717) is 39.1 Å². The molecule has 3 aromatic heterocycles. The lowest BCUT2D eigenvalue weighted by molar-refractivity contribution is -0.113. The Morgan fingerprint density at radius 2 is 1.82 bits per heavy atom. The van der Waals surface area contributed by atoms with Crippen LogP contribution >= 0.6 is 23.1 Å². The number of ether oxygens (including phenoxy) is 3. The van der Waals surface area contributed by atoms with E-state index in [1.54, 1.807) is 56.4 Å². The number of hydrogen-bond acceptors (Lipinski definition) is 10. The monoisotopic (exact) mass is 549 g/mol. The number of carbonyl (C=O) groups excluding carboxylic acids is 1. The Hall–Kier alpha value is -4.29. The molecule has 38 heavy (non-hydrogen) atoms. The number of nitrogens with one attached hydrogen (secondary N) is 1. The summed E-state index contributed by atoms with van der Waals surface area (Å²) in [6.07, 6.45) is 1.56. The van der Waals surface area contributed by atoms with Gasteiger partial charge < -0.3 is 23.9 Å². The number of furan rings is 1. The lowest BCUT2D eigenvalue weighted by Crippen LogP contribution is -2.14. The quantitative estimate of drug-likeness (QED) is 0.229. The number of nitrogens with zero attached hydrogens (tertiary/aromatic N) is 4. The van der Waals surface area contributed by atoms with Gasteiger partial charge in [0.25, 0.3) is 0 Å². The first kappa shape index (κ1) is 25.4. The number of rotatable bonds is 10. The summed E-state index contributed by atoms with van der Waals surface area (Å²) in [5.74, 6) is 2.83. The summed E-state index contributed by atoms with van der Waals surface area (Å²) >= 11 is 2.59. The molecule has 0 bridgehead atoms. The van der Waals surface area contributed by atoms with Crippen LogP contribution in [0.4, 0.5) is 5.13 Å². The van der Waals surface area contributed by atoms with Crippen LogP contribution in [0, 0.1) is 0 Å². The number of hydrogen-bond donors (Lipinski definition) is 1. The highest BCUT2D eigenvalue weighted by molar-refractivity contribution is 7.99. The molecule has 10 nitrogen and oxygen atoms in total. The minimum Gasteiger partial charge on any atom is -0.497 e. The normalized spacial score (nSPS) is 10.8. The van der Waals surface area contributed by atoms with Crippen molar-refractivity contribution in [3.05, 3.63) is 66.2 Å². The fourth-order valence-electron chi connectivity index (χ4n) is 3.63. The zero-order chi connectivity index (χ0) is 26.5. The van der Waals surface area contributed by atoms with Crippen LogP contribution in [-0.2, 0) is 4.79 Å². The van der Waals surface area contributed by atoms with Gasteiger partial charge in [0.05, 0.1) is 44.7 Å². The summed E-state index contributed by atoms with van der Waals surface area (Å²) in [7, 11) is 4.79. The van der Waals surface area contributed by atoms with E-state index in [4.69, 9.17) is 18.6 Å². The van der Waals surface area contributed by atoms with Crippen molar-refractivity contribution in [2.45, 2.75) is 5.16 Å². The molecule has 0 atom stereocenters. The molecule has 0 aliphatic heterocycles. The zero-order valence-corrected chi connectivity index (χ0v) is 22.3. The van der Waals surface area contributed by atoms with E-state index < -0.39 is 0 Å². The van der Waals surface area contributed by atoms with Gasteiger partial charge in [-0.1, -0.05) is 11.8 Å². The first-order valence-electron chi connectivity index (χ1n) is 11.3. The van der Waals surface area contributed by atoms with Gasteiger partial charge in [-0.25, -0.2) is 4.98 Å². The number of aromatic nitrogens is 4. The Labute approximate surface area is 226 Å². The molecule has 3 heterocycles. The molecule has 2 aromatic carbocycles. The topological polar surface area (TPSA) is 114 Å². The summed E-state index contributed by atoms with van der Waals surface area (Å²) in [6.45, 7) is 0. The highest BCUT2D eigenvalue weighted by Gasteiger charge is 2.22. The van der Waals surface area contributed by atoms with Crippen molar-refractivity contribution in [3.63, 3.8) is 0 Å². The Balaban J connectivity index is 1.35. The molecule has 0 radical (unpaired) electrons. The maximum Gasteiger partial charge on any atom is 0.236 e. The van der Waals surface area contributed by atoms with E-state index in [1.807, 2.05) is 35.7 Å². The molecule has 1 amide bonds. The Bertz CT molecular complexity index is 1530. The summed E-state index contributed by atoms with van der Waals surface area (Å²) < 4.78 is 23.6. The van der Waals surface area contributed by atoms with E-state index in [9.17, 15) is 4.79 Å². The van der Waals surface area contributed by atoms with Gasteiger partial charge in [0.2, 0.25) is 11.7 Å². The smallest absolute Gasteiger partial charge is 0.236 e. The molecule has 0 saturated carbocycles. The molecule has 12 heteroatoms. The van der Waals surface area contributed by atoms with Crippen molar-refractivity contribution < 1.29 is 23.4 Å². The first-order valence-corrected chi connectivity index (χ1v) is 13.2. The molecule has 0 unspecified atom stereocenters. The number of thiazole rings is 1. The van der Waals surface area contributed by atoms with Crippen LogP contribution < -0.4 is 19.5 Å². The second kappa shape index (κ2) is 11.4. The molecular weight excluding hydrogens is 526 g/mol. The average Bonchev–Trinajstić information content (AvgIpc) is 3.73. The maximum absolute atomic E-state index is 12.8. The van der Waals surface area contributed by atoms with Crippen LogP contribution in [0.15, 0.2) is 75.8 Å². The molecular formula is C26H23N5O5S2. The lowest BCUT2D eigenvalue weighted by atomic mass is 10.2. The van der Waals surface area contributed by atoms with Gasteiger partial charge in [0.15, 0.2) is 16.0 Å². The number of methoxy groups -OCH3 is 3. The van der Waals surface area contributed by atoms with Gasteiger partial charge in [0.1, 0.15) is 17.2 Å². The fourth-order valence-corrected chi connectivity index (χ4v) is 5.11. The Morgan fingerprint density at radius 3 is 2.53 bits per heavy atom. The summed E-state index contributed by atoms with van der Waals surface area (Å²) in [4.78, 5) is 17.4. The molecule has 5 aromatic rings. The van der Waals surface area contributed by atoms with Crippen LogP contribution in [0.5, 0.6) is 17.2 Å². The minimum atomic E-state index is -0.225. The molecule has 194 valence electrons. The SMILES string of the molecule is COc1ccc(-c2csc(NC(=O)CSc3nnc(-c4ccco4)n3-c3cc(OC)ccc3OC)n2)cc1. The summed E-state index contributed by atoms with van der Waals surface area (Å²) in [5, 5.41) is 14.4. The second-order valence-electron chi connectivity index (χ2n) is 7.76. The van der Waals surface area contributed by atoms with Crippen molar-refractivity contribution in [3.8, 4) is 45.8 Å². The molecule has 1 N–H and O–H groups in total. The van der Waals surface area contributed by atoms with Gasteiger partial charge in [-0.15, -0.1) is 21.5 Å². The largest absolute Gasteiger partial charge is 0.497 e. The molecule has 0 fully saturated rings. The minimum absolute atomic E-state index is 0.0834.